The van der Waals surface area contributed by atoms with Crippen LogP contribution in [0.3, 0.4) is 0 Å². The van der Waals surface area contributed by atoms with Gasteiger partial charge in [0.25, 0.3) is 5.56 Å². The van der Waals surface area contributed by atoms with E-state index in [1.807, 2.05) is 28.8 Å². The van der Waals surface area contributed by atoms with Gasteiger partial charge in [0.1, 0.15) is 12.1 Å². The van der Waals surface area contributed by atoms with Gasteiger partial charge < -0.3 is 14.6 Å². The van der Waals surface area contributed by atoms with Crippen LogP contribution in [0.1, 0.15) is 30.6 Å². The third-order valence-electron chi connectivity index (χ3n) is 5.19. The van der Waals surface area contributed by atoms with E-state index in [1.54, 1.807) is 37.4 Å². The molecule has 32 heavy (non-hydrogen) atoms. The molecule has 2 heterocycles. The maximum absolute atomic E-state index is 13.2. The number of anilines is 1. The van der Waals surface area contributed by atoms with E-state index in [-0.39, 0.29) is 18.0 Å². The Morgan fingerprint density at radius 3 is 2.50 bits per heavy atom. The van der Waals surface area contributed by atoms with E-state index in [2.05, 4.69) is 17.3 Å². The van der Waals surface area contributed by atoms with Crippen LogP contribution in [-0.4, -0.2) is 32.8 Å². The highest BCUT2D eigenvalue weighted by molar-refractivity contribution is 6.07. The first-order valence-electron chi connectivity index (χ1n) is 10.6. The number of hydrogen-bond donors (Lipinski definition) is 1. The number of aryl methyl sites for hydroxylation is 1. The van der Waals surface area contributed by atoms with Crippen molar-refractivity contribution in [3.8, 4) is 0 Å². The summed E-state index contributed by atoms with van der Waals surface area (Å²) in [5.74, 6) is -0.808. The maximum atomic E-state index is 13.2. The second kappa shape index (κ2) is 9.05. The molecule has 0 unspecified atom stereocenters. The summed E-state index contributed by atoms with van der Waals surface area (Å²) < 4.78 is 8.12. The zero-order valence-corrected chi connectivity index (χ0v) is 18.0. The molecular weight excluding hydrogens is 408 g/mol. The first kappa shape index (κ1) is 21.3. The number of aromatic nitrogens is 3. The minimum absolute atomic E-state index is 0.220. The molecule has 0 atom stereocenters. The summed E-state index contributed by atoms with van der Waals surface area (Å²) in [4.78, 5) is 37.5. The fourth-order valence-electron chi connectivity index (χ4n) is 3.80. The van der Waals surface area contributed by atoms with Gasteiger partial charge in [0.2, 0.25) is 5.91 Å². The number of carbonyl (C=O) groups is 2. The summed E-state index contributed by atoms with van der Waals surface area (Å²) in [6.07, 6.45) is 2.52. The van der Waals surface area contributed by atoms with Crippen LogP contribution in [0.15, 0.2) is 59.5 Å². The summed E-state index contributed by atoms with van der Waals surface area (Å²) in [5, 5.41) is 8.72. The molecule has 0 saturated heterocycles. The Morgan fingerprint density at radius 1 is 1.03 bits per heavy atom. The number of benzene rings is 2. The van der Waals surface area contributed by atoms with Crippen LogP contribution in [0.25, 0.3) is 21.8 Å². The molecule has 0 aliphatic carbocycles. The van der Waals surface area contributed by atoms with Gasteiger partial charge in [0.05, 0.1) is 18.4 Å². The summed E-state index contributed by atoms with van der Waals surface area (Å²) >= 11 is 0. The Kier molecular flexibility index (Phi) is 6.02. The highest BCUT2D eigenvalue weighted by atomic mass is 16.5. The highest BCUT2D eigenvalue weighted by Gasteiger charge is 2.16. The summed E-state index contributed by atoms with van der Waals surface area (Å²) in [7, 11) is 0. The average molecular weight is 432 g/mol. The largest absolute Gasteiger partial charge is 0.462 e. The molecule has 0 saturated carbocycles. The molecule has 8 nitrogen and oxygen atoms in total. The third kappa shape index (κ3) is 3.99. The molecule has 0 radical (unpaired) electrons. The van der Waals surface area contributed by atoms with Crippen LogP contribution < -0.4 is 10.9 Å². The van der Waals surface area contributed by atoms with Crippen molar-refractivity contribution in [2.75, 3.05) is 11.9 Å². The highest BCUT2D eigenvalue weighted by Crippen LogP contribution is 2.26. The van der Waals surface area contributed by atoms with E-state index >= 15 is 0 Å². The lowest BCUT2D eigenvalue weighted by atomic mass is 10.2. The van der Waals surface area contributed by atoms with Gasteiger partial charge in [-0.25, -0.2) is 9.48 Å². The number of fused-ring (bicyclic) bond motifs is 3. The smallest absolute Gasteiger partial charge is 0.338 e. The average Bonchev–Trinajstić information content (AvgIpc) is 3.11. The molecule has 2 aromatic carbocycles. The molecule has 0 aliphatic heterocycles. The second-order valence-corrected chi connectivity index (χ2v) is 7.38. The number of nitrogens with zero attached hydrogens (tertiary/aromatic N) is 3. The Bertz CT molecular complexity index is 1350. The van der Waals surface area contributed by atoms with Crippen LogP contribution in [-0.2, 0) is 22.6 Å². The minimum atomic E-state index is -0.420. The van der Waals surface area contributed by atoms with E-state index in [9.17, 15) is 14.4 Å². The molecule has 8 heteroatoms. The molecule has 1 amide bonds. The number of rotatable bonds is 7. The SMILES string of the molecule is CCCn1c2ccccc2c2cnn(CC(=O)Nc3ccc(C(=O)OCC)cc3)c(=O)c21. The molecule has 0 fully saturated rings. The lowest BCUT2D eigenvalue weighted by molar-refractivity contribution is -0.117. The molecular formula is C24H24N4O4. The first-order valence-corrected chi connectivity index (χ1v) is 10.6. The second-order valence-electron chi connectivity index (χ2n) is 7.38. The normalized spacial score (nSPS) is 11.1. The molecule has 0 bridgehead atoms. The van der Waals surface area contributed by atoms with Crippen molar-refractivity contribution < 1.29 is 14.3 Å². The van der Waals surface area contributed by atoms with E-state index in [1.165, 1.54) is 4.68 Å². The lowest BCUT2D eigenvalue weighted by Crippen LogP contribution is -2.30. The Morgan fingerprint density at radius 2 is 1.78 bits per heavy atom. The van der Waals surface area contributed by atoms with E-state index in [0.717, 1.165) is 22.7 Å². The first-order chi connectivity index (χ1) is 15.5. The van der Waals surface area contributed by atoms with Crippen molar-refractivity contribution in [3.63, 3.8) is 0 Å². The fraction of sp³-hybridized carbons (Fsp3) is 0.250. The number of nitrogens with one attached hydrogen (secondary N) is 1. The number of hydrogen-bond acceptors (Lipinski definition) is 5. The van der Waals surface area contributed by atoms with E-state index < -0.39 is 5.97 Å². The number of carbonyl (C=O) groups excluding carboxylic acids is 2. The topological polar surface area (TPSA) is 95.2 Å². The van der Waals surface area contributed by atoms with Gasteiger partial charge in [-0.3, -0.25) is 9.59 Å². The number of para-hydroxylation sites is 1. The quantitative estimate of drug-likeness (QED) is 0.451. The van der Waals surface area contributed by atoms with Gasteiger partial charge in [-0.2, -0.15) is 5.10 Å². The van der Waals surface area contributed by atoms with Crippen molar-refractivity contribution in [1.82, 2.24) is 14.3 Å². The zero-order valence-electron chi connectivity index (χ0n) is 18.0. The zero-order chi connectivity index (χ0) is 22.7. The molecule has 164 valence electrons. The van der Waals surface area contributed by atoms with Crippen molar-refractivity contribution in [2.45, 2.75) is 33.4 Å². The van der Waals surface area contributed by atoms with Crippen LogP contribution in [0.5, 0.6) is 0 Å². The summed E-state index contributed by atoms with van der Waals surface area (Å²) in [5.41, 5.74) is 2.14. The van der Waals surface area contributed by atoms with Gasteiger partial charge in [-0.1, -0.05) is 25.1 Å². The monoisotopic (exact) mass is 432 g/mol. The van der Waals surface area contributed by atoms with E-state index in [0.29, 0.717) is 29.9 Å². The number of esters is 1. The van der Waals surface area contributed by atoms with Crippen molar-refractivity contribution >= 4 is 39.4 Å². The van der Waals surface area contributed by atoms with Gasteiger partial charge in [0.15, 0.2) is 0 Å². The summed E-state index contributed by atoms with van der Waals surface area (Å²) in [6.45, 7) is 4.56. The summed E-state index contributed by atoms with van der Waals surface area (Å²) in [6, 6.07) is 14.2. The predicted octanol–water partition coefficient (Wildman–Crippen LogP) is 3.58. The number of amides is 1. The Balaban J connectivity index is 1.59. The lowest BCUT2D eigenvalue weighted by Gasteiger charge is -2.09. The molecule has 4 rings (SSSR count). The van der Waals surface area contributed by atoms with Crippen LogP contribution in [0.4, 0.5) is 5.69 Å². The van der Waals surface area contributed by atoms with E-state index in [4.69, 9.17) is 4.74 Å². The van der Waals surface area contributed by atoms with Gasteiger partial charge in [0, 0.05) is 28.5 Å². The standard InChI is InChI=1S/C24H24N4O4/c1-3-13-27-20-8-6-5-7-18(20)19-14-25-28(23(30)22(19)27)15-21(29)26-17-11-9-16(10-12-17)24(31)32-4-2/h5-12,14H,3-4,13,15H2,1-2H3,(H,26,29). The number of ether oxygens (including phenoxy) is 1. The van der Waals surface area contributed by atoms with Crippen LogP contribution in [0.2, 0.25) is 0 Å². The molecule has 2 aromatic heterocycles. The third-order valence-corrected chi connectivity index (χ3v) is 5.19. The Labute approximate surface area is 184 Å². The van der Waals surface area contributed by atoms with Crippen molar-refractivity contribution in [1.29, 1.82) is 0 Å². The predicted molar refractivity (Wildman–Crippen MR) is 123 cm³/mol. The maximum Gasteiger partial charge on any atom is 0.338 e. The van der Waals surface area contributed by atoms with Crippen LogP contribution in [0, 0.1) is 0 Å². The molecule has 0 aliphatic rings. The van der Waals surface area contributed by atoms with Gasteiger partial charge >= 0.3 is 5.97 Å². The van der Waals surface area contributed by atoms with Crippen molar-refractivity contribution in [2.24, 2.45) is 0 Å². The molecule has 4 aromatic rings. The minimum Gasteiger partial charge on any atom is -0.462 e. The Hall–Kier alpha value is -3.94. The van der Waals surface area contributed by atoms with Crippen LogP contribution >= 0.6 is 0 Å². The molecule has 0 spiro atoms. The molecule has 1 N–H and O–H groups in total. The van der Waals surface area contributed by atoms with Gasteiger partial charge in [-0.15, -0.1) is 0 Å². The van der Waals surface area contributed by atoms with Crippen molar-refractivity contribution in [3.05, 3.63) is 70.6 Å². The fourth-order valence-corrected chi connectivity index (χ4v) is 3.80. The van der Waals surface area contributed by atoms with Gasteiger partial charge in [-0.05, 0) is 43.7 Å².